The van der Waals surface area contributed by atoms with Gasteiger partial charge in [0.25, 0.3) is 0 Å². The van der Waals surface area contributed by atoms with Gasteiger partial charge in [-0.25, -0.2) is 4.70 Å². The van der Waals surface area contributed by atoms with Crippen molar-refractivity contribution in [3.8, 4) is 0 Å². The van der Waals surface area contributed by atoms with E-state index in [1.165, 1.54) is 430 Å². The molecule has 0 saturated carbocycles. The average molecular weight is 1270 g/mol. The number of allylic oxidation sites excluding steroid dienone is 4. The van der Waals surface area contributed by atoms with Crippen LogP contribution < -0.4 is 0 Å². The number of benzene rings is 2. The number of hydrogen-bond donors (Lipinski definition) is 0. The first-order chi connectivity index (χ1) is 45.5. The molecule has 0 spiro atoms. The number of nitrogens with zero attached hydrogens (tertiary/aromatic N) is 2. The predicted octanol–water partition coefficient (Wildman–Crippen LogP) is 31.9. The molecule has 0 amide bonds. The minimum Gasteiger partial charge on any atom is -0.493 e. The van der Waals surface area contributed by atoms with Gasteiger partial charge in [-0.15, -0.1) is 0 Å². The summed E-state index contributed by atoms with van der Waals surface area (Å²) in [5.74, 6) is 0. The summed E-state index contributed by atoms with van der Waals surface area (Å²) < 4.78 is 1.67. The third-order valence-electron chi connectivity index (χ3n) is 21.1. The van der Waals surface area contributed by atoms with E-state index in [1.807, 2.05) is 0 Å². The van der Waals surface area contributed by atoms with Gasteiger partial charge in [0.05, 0.1) is 5.57 Å². The molecular weight excluding hydrogens is 1110 g/mol. The molecular formula is C90H158N2. The summed E-state index contributed by atoms with van der Waals surface area (Å²) in [6.45, 7) is 13.9. The molecule has 0 aromatic heterocycles. The summed E-state index contributed by atoms with van der Waals surface area (Å²) >= 11 is 0. The fraction of sp³-hybridized carbons (Fsp3) is 0.800. The lowest BCUT2D eigenvalue weighted by molar-refractivity contribution is -0.345. The Labute approximate surface area is 576 Å². The fourth-order valence-electron chi connectivity index (χ4n) is 15.1. The van der Waals surface area contributed by atoms with Crippen molar-refractivity contribution < 1.29 is 4.70 Å². The lowest BCUT2D eigenvalue weighted by Gasteiger charge is -2.14. The quantitative estimate of drug-likeness (QED) is 0.0466. The lowest BCUT2D eigenvalue weighted by atomic mass is 9.92. The minimum atomic E-state index is 0.894. The Bertz CT molecular complexity index is 2010. The van der Waals surface area contributed by atoms with E-state index in [2.05, 4.69) is 90.1 Å². The second-order valence-electron chi connectivity index (χ2n) is 30.0. The van der Waals surface area contributed by atoms with Gasteiger partial charge in [0.2, 0.25) is 11.4 Å². The Kier molecular flexibility index (Phi) is 56.1. The van der Waals surface area contributed by atoms with Crippen LogP contribution in [-0.4, -0.2) is 4.70 Å². The SMILES string of the molecule is CCCCCCCCCCCCCCCCC=CC1=C(c2cc(CCCC)cc(CCCC)c2)[N+](=[N-])C(c2cc(CCCCCCCCCCCCCCCCCCCCCCC)cc(CCCCCCCCCCCCCCCCCCCCCCC)c2)=C1CC. The minimum absolute atomic E-state index is 0.894. The van der Waals surface area contributed by atoms with E-state index < -0.39 is 0 Å². The van der Waals surface area contributed by atoms with Crippen LogP contribution in [0.25, 0.3) is 16.9 Å². The highest BCUT2D eigenvalue weighted by atomic mass is 15.2. The van der Waals surface area contributed by atoms with Gasteiger partial charge in [-0.05, 0) is 117 Å². The molecule has 0 saturated heterocycles. The van der Waals surface area contributed by atoms with Crippen LogP contribution in [0.15, 0.2) is 59.7 Å². The zero-order valence-corrected chi connectivity index (χ0v) is 63.2. The topological polar surface area (TPSA) is 25.3 Å². The Morgan fingerprint density at radius 2 is 0.467 bits per heavy atom. The van der Waals surface area contributed by atoms with E-state index in [0.717, 1.165) is 49.9 Å². The van der Waals surface area contributed by atoms with E-state index in [-0.39, 0.29) is 0 Å². The maximum absolute atomic E-state index is 13.0. The summed E-state index contributed by atoms with van der Waals surface area (Å²) in [4.78, 5) is 0. The van der Waals surface area contributed by atoms with Crippen LogP contribution in [0.4, 0.5) is 0 Å². The molecule has 1 heterocycles. The molecule has 0 unspecified atom stereocenters. The molecule has 3 rings (SSSR count). The molecule has 0 fully saturated rings. The molecule has 0 aliphatic carbocycles. The predicted molar refractivity (Wildman–Crippen MR) is 415 cm³/mol. The number of hydrogen-bond acceptors (Lipinski definition) is 0. The summed E-state index contributed by atoms with van der Waals surface area (Å²) in [5.41, 5.74) is 25.8. The number of rotatable bonds is 69. The van der Waals surface area contributed by atoms with E-state index >= 15 is 0 Å². The Balaban J connectivity index is 1.64. The van der Waals surface area contributed by atoms with Crippen LogP contribution in [0, 0.1) is 0 Å². The largest absolute Gasteiger partial charge is 0.493 e. The Morgan fingerprint density at radius 1 is 0.250 bits per heavy atom. The van der Waals surface area contributed by atoms with Crippen molar-refractivity contribution in [2.24, 2.45) is 0 Å². The summed E-state index contributed by atoms with van der Waals surface area (Å²) in [6, 6.07) is 14.9. The highest BCUT2D eigenvalue weighted by Crippen LogP contribution is 2.44. The van der Waals surface area contributed by atoms with Gasteiger partial charge in [-0.3, -0.25) is 0 Å². The monoisotopic (exact) mass is 1270 g/mol. The average Bonchev–Trinajstić information content (AvgIpc) is 1.67. The maximum Gasteiger partial charge on any atom is 0.215 e. The van der Waals surface area contributed by atoms with Gasteiger partial charge >= 0.3 is 0 Å². The lowest BCUT2D eigenvalue weighted by Crippen LogP contribution is -2.05. The third-order valence-corrected chi connectivity index (χ3v) is 21.1. The first-order valence-corrected chi connectivity index (χ1v) is 42.4. The van der Waals surface area contributed by atoms with Gasteiger partial charge in [0, 0.05) is 16.7 Å². The molecule has 2 nitrogen and oxygen atoms in total. The number of aryl methyl sites for hydroxylation is 4. The van der Waals surface area contributed by atoms with Crippen molar-refractivity contribution in [2.45, 2.75) is 465 Å². The van der Waals surface area contributed by atoms with Crippen LogP contribution in [0.2, 0.25) is 0 Å². The van der Waals surface area contributed by atoms with Gasteiger partial charge < -0.3 is 5.53 Å². The molecule has 92 heavy (non-hydrogen) atoms. The standard InChI is InChI=1S/C90H158N2/c1-7-13-18-21-24-27-30-33-36-39-41-43-45-47-49-52-55-58-61-64-67-72-83-76-84(73-68-65-62-59-56-53-50-48-46-44-42-40-37-34-31-28-25-22-19-14-8-2)80-85(79-83)89-87(12-6)88(74-69-66-63-60-57-54-51-38-35-32-29-26-23-20-15-9-3)90(92(89)91)86-77-81(70-16-10-4)75-82(78-86)71-17-11-5/h69,74-80H,7-68,70-73H2,1-6H3. The van der Waals surface area contributed by atoms with Crippen molar-refractivity contribution in [1.82, 2.24) is 0 Å². The van der Waals surface area contributed by atoms with Crippen molar-refractivity contribution >= 4 is 11.4 Å². The van der Waals surface area contributed by atoms with E-state index in [0.29, 0.717) is 0 Å². The van der Waals surface area contributed by atoms with Crippen LogP contribution in [-0.2, 0) is 25.7 Å². The molecule has 0 N–H and O–H groups in total. The van der Waals surface area contributed by atoms with Gasteiger partial charge in [-0.2, -0.15) is 0 Å². The fourth-order valence-corrected chi connectivity index (χ4v) is 15.1. The Morgan fingerprint density at radius 3 is 0.717 bits per heavy atom. The van der Waals surface area contributed by atoms with E-state index in [4.69, 9.17) is 0 Å². The molecule has 0 atom stereocenters. The first kappa shape index (κ1) is 83.5. The van der Waals surface area contributed by atoms with Gasteiger partial charge in [-0.1, -0.05) is 419 Å². The number of unbranched alkanes of at least 4 members (excludes halogenated alkanes) is 56. The van der Waals surface area contributed by atoms with Crippen molar-refractivity contribution in [3.63, 3.8) is 0 Å². The zero-order chi connectivity index (χ0) is 65.7. The third kappa shape index (κ3) is 42.7. The van der Waals surface area contributed by atoms with E-state index in [9.17, 15) is 5.53 Å². The first-order valence-electron chi connectivity index (χ1n) is 42.4. The highest BCUT2D eigenvalue weighted by molar-refractivity contribution is 5.84. The molecule has 2 heteroatoms. The van der Waals surface area contributed by atoms with Crippen molar-refractivity contribution in [2.75, 3.05) is 0 Å². The molecule has 1 aliphatic heterocycles. The maximum atomic E-state index is 13.0. The summed E-state index contributed by atoms with van der Waals surface area (Å²) in [5, 5.41) is 0. The van der Waals surface area contributed by atoms with Crippen LogP contribution in [0.1, 0.15) is 473 Å². The van der Waals surface area contributed by atoms with Gasteiger partial charge in [0.1, 0.15) is 0 Å². The molecule has 2 aromatic carbocycles. The van der Waals surface area contributed by atoms with Crippen LogP contribution in [0.3, 0.4) is 0 Å². The smallest absolute Gasteiger partial charge is 0.215 e. The molecule has 528 valence electrons. The summed E-state index contributed by atoms with van der Waals surface area (Å²) in [6.07, 6.45) is 95.4. The van der Waals surface area contributed by atoms with Gasteiger partial charge in [0.15, 0.2) is 0 Å². The van der Waals surface area contributed by atoms with Crippen LogP contribution in [0.5, 0.6) is 0 Å². The van der Waals surface area contributed by atoms with Crippen LogP contribution >= 0.6 is 0 Å². The molecule has 0 radical (unpaired) electrons. The Hall–Kier alpha value is -2.74. The van der Waals surface area contributed by atoms with E-state index in [1.54, 1.807) is 4.70 Å². The second-order valence-corrected chi connectivity index (χ2v) is 30.0. The highest BCUT2D eigenvalue weighted by Gasteiger charge is 2.34. The summed E-state index contributed by atoms with van der Waals surface area (Å²) in [7, 11) is 0. The second kappa shape index (κ2) is 61.8. The molecule has 0 bridgehead atoms. The normalized spacial score (nSPS) is 12.8. The van der Waals surface area contributed by atoms with Crippen molar-refractivity contribution in [1.29, 1.82) is 0 Å². The zero-order valence-electron chi connectivity index (χ0n) is 63.2. The van der Waals surface area contributed by atoms with Crippen molar-refractivity contribution in [3.05, 3.63) is 98.6 Å². The molecule has 2 aromatic rings. The molecule has 1 aliphatic rings.